The van der Waals surface area contributed by atoms with E-state index in [1.54, 1.807) is 18.2 Å². The van der Waals surface area contributed by atoms with Gasteiger partial charge in [0.2, 0.25) is 0 Å². The number of esters is 1. The second kappa shape index (κ2) is 9.78. The molecule has 0 spiro atoms. The number of carbonyl (C=O) groups is 2. The Balaban J connectivity index is 1.88. The normalized spacial score (nSPS) is 20.1. The van der Waals surface area contributed by atoms with Gasteiger partial charge in [-0.15, -0.1) is 0 Å². The Morgan fingerprint density at radius 2 is 1.96 bits per heavy atom. The number of Topliss-reactive ketones (excluding diaryl/α,β-unsaturated/α-hetero) is 1. The molecule has 0 unspecified atom stereocenters. The summed E-state index contributed by atoms with van der Waals surface area (Å²) in [5, 5.41) is 0.403. The van der Waals surface area contributed by atoms with Crippen LogP contribution in [-0.2, 0) is 9.53 Å². The quantitative estimate of drug-likeness (QED) is 0.559. The van der Waals surface area contributed by atoms with E-state index in [4.69, 9.17) is 26.8 Å². The standard InChI is InChI=1S/C19H26ClNO4/c1-2-24-19(23)13-5-7-14(8-6-13)25-15-9-10-16(17(20)12-15)18(22)4-3-11-21/h9-10,12-14H,2-8,11,21H2,1H3. The minimum Gasteiger partial charge on any atom is -0.490 e. The fourth-order valence-electron chi connectivity index (χ4n) is 3.06. The van der Waals surface area contributed by atoms with E-state index >= 15 is 0 Å². The van der Waals surface area contributed by atoms with E-state index in [-0.39, 0.29) is 23.8 Å². The zero-order valence-electron chi connectivity index (χ0n) is 14.6. The number of rotatable bonds is 8. The van der Waals surface area contributed by atoms with Crippen molar-refractivity contribution in [1.82, 2.24) is 0 Å². The number of carbonyl (C=O) groups excluding carboxylic acids is 2. The Kier molecular flexibility index (Phi) is 7.72. The van der Waals surface area contributed by atoms with Gasteiger partial charge < -0.3 is 15.2 Å². The second-order valence-corrected chi connectivity index (χ2v) is 6.71. The van der Waals surface area contributed by atoms with Gasteiger partial charge in [0.15, 0.2) is 5.78 Å². The van der Waals surface area contributed by atoms with Crippen LogP contribution in [0.15, 0.2) is 18.2 Å². The highest BCUT2D eigenvalue weighted by Gasteiger charge is 2.28. The van der Waals surface area contributed by atoms with Crippen LogP contribution in [0.1, 0.15) is 55.8 Å². The molecular weight excluding hydrogens is 342 g/mol. The number of nitrogens with two attached hydrogens (primary N) is 1. The zero-order chi connectivity index (χ0) is 18.2. The maximum atomic E-state index is 12.1. The van der Waals surface area contributed by atoms with Crippen molar-refractivity contribution in [2.45, 2.75) is 51.6 Å². The molecule has 1 fully saturated rings. The predicted molar refractivity (Wildman–Crippen MR) is 97.1 cm³/mol. The van der Waals surface area contributed by atoms with E-state index in [1.165, 1.54) is 0 Å². The van der Waals surface area contributed by atoms with Gasteiger partial charge in [-0.25, -0.2) is 0 Å². The van der Waals surface area contributed by atoms with E-state index in [2.05, 4.69) is 0 Å². The topological polar surface area (TPSA) is 78.6 Å². The molecule has 0 atom stereocenters. The average molecular weight is 368 g/mol. The van der Waals surface area contributed by atoms with Crippen molar-refractivity contribution < 1.29 is 19.1 Å². The molecule has 1 aliphatic carbocycles. The van der Waals surface area contributed by atoms with Crippen molar-refractivity contribution in [2.75, 3.05) is 13.2 Å². The van der Waals surface area contributed by atoms with Gasteiger partial charge in [0.05, 0.1) is 23.7 Å². The summed E-state index contributed by atoms with van der Waals surface area (Å²) >= 11 is 6.23. The molecule has 6 heteroatoms. The second-order valence-electron chi connectivity index (χ2n) is 6.30. The molecule has 0 amide bonds. The molecule has 1 aromatic carbocycles. The van der Waals surface area contributed by atoms with Crippen LogP contribution in [0.3, 0.4) is 0 Å². The monoisotopic (exact) mass is 367 g/mol. The molecule has 25 heavy (non-hydrogen) atoms. The molecule has 1 aliphatic rings. The van der Waals surface area contributed by atoms with Gasteiger partial charge in [0.25, 0.3) is 0 Å². The van der Waals surface area contributed by atoms with Crippen molar-refractivity contribution in [3.63, 3.8) is 0 Å². The summed E-state index contributed by atoms with van der Waals surface area (Å²) in [6, 6.07) is 5.18. The Bertz CT molecular complexity index is 597. The van der Waals surface area contributed by atoms with Gasteiger partial charge in [0.1, 0.15) is 5.75 Å². The van der Waals surface area contributed by atoms with Gasteiger partial charge in [0, 0.05) is 12.0 Å². The molecule has 2 rings (SSSR count). The summed E-state index contributed by atoms with van der Waals surface area (Å²) in [7, 11) is 0. The smallest absolute Gasteiger partial charge is 0.308 e. The third kappa shape index (κ3) is 5.72. The molecule has 1 aromatic rings. The number of hydrogen-bond donors (Lipinski definition) is 1. The largest absolute Gasteiger partial charge is 0.490 e. The number of benzene rings is 1. The molecule has 5 nitrogen and oxygen atoms in total. The van der Waals surface area contributed by atoms with E-state index in [0.29, 0.717) is 42.3 Å². The number of ether oxygens (including phenoxy) is 2. The minimum absolute atomic E-state index is 0.00283. The molecule has 0 aliphatic heterocycles. The lowest BCUT2D eigenvalue weighted by Crippen LogP contribution is -2.29. The highest BCUT2D eigenvalue weighted by atomic mass is 35.5. The minimum atomic E-state index is -0.107. The predicted octanol–water partition coefficient (Wildman–Crippen LogP) is 3.76. The van der Waals surface area contributed by atoms with Crippen LogP contribution in [-0.4, -0.2) is 31.0 Å². The molecule has 0 heterocycles. The molecular formula is C19H26ClNO4. The van der Waals surface area contributed by atoms with Crippen molar-refractivity contribution in [2.24, 2.45) is 11.7 Å². The van der Waals surface area contributed by atoms with Gasteiger partial charge in [-0.3, -0.25) is 9.59 Å². The Hall–Kier alpha value is -1.59. The first-order valence-corrected chi connectivity index (χ1v) is 9.29. The molecule has 2 N–H and O–H groups in total. The van der Waals surface area contributed by atoms with Crippen molar-refractivity contribution in [1.29, 1.82) is 0 Å². The van der Waals surface area contributed by atoms with Crippen LogP contribution in [0.25, 0.3) is 0 Å². The van der Waals surface area contributed by atoms with E-state index in [1.807, 2.05) is 6.92 Å². The summed E-state index contributed by atoms with van der Waals surface area (Å²) in [5.41, 5.74) is 5.94. The van der Waals surface area contributed by atoms with Gasteiger partial charge in [-0.2, -0.15) is 0 Å². The summed E-state index contributed by atoms with van der Waals surface area (Å²) < 4.78 is 11.0. The molecule has 138 valence electrons. The first-order chi connectivity index (χ1) is 12.0. The van der Waals surface area contributed by atoms with Gasteiger partial charge in [-0.1, -0.05) is 11.6 Å². The fourth-order valence-corrected chi connectivity index (χ4v) is 3.34. The molecule has 0 saturated heterocycles. The van der Waals surface area contributed by atoms with E-state index < -0.39 is 0 Å². The maximum Gasteiger partial charge on any atom is 0.308 e. The first kappa shape index (κ1) is 19.7. The average Bonchev–Trinajstić information content (AvgIpc) is 2.60. The van der Waals surface area contributed by atoms with Crippen LogP contribution in [0, 0.1) is 5.92 Å². The highest BCUT2D eigenvalue weighted by molar-refractivity contribution is 6.34. The van der Waals surface area contributed by atoms with E-state index in [0.717, 1.165) is 25.7 Å². The molecule has 0 aromatic heterocycles. The first-order valence-electron chi connectivity index (χ1n) is 8.91. The third-order valence-corrected chi connectivity index (χ3v) is 4.76. The van der Waals surface area contributed by atoms with Crippen molar-refractivity contribution in [3.05, 3.63) is 28.8 Å². The van der Waals surface area contributed by atoms with Crippen LogP contribution >= 0.6 is 11.6 Å². The number of ketones is 1. The molecule has 1 saturated carbocycles. The SMILES string of the molecule is CCOC(=O)C1CCC(Oc2ccc(C(=O)CCCN)c(Cl)c2)CC1. The lowest BCUT2D eigenvalue weighted by molar-refractivity contribution is -0.149. The van der Waals surface area contributed by atoms with Crippen molar-refractivity contribution in [3.8, 4) is 5.75 Å². The summed E-state index contributed by atoms with van der Waals surface area (Å²) in [6.45, 7) is 2.73. The number of hydrogen-bond acceptors (Lipinski definition) is 5. The fraction of sp³-hybridized carbons (Fsp3) is 0.579. The third-order valence-electron chi connectivity index (χ3n) is 4.45. The Morgan fingerprint density at radius 3 is 2.56 bits per heavy atom. The maximum absolute atomic E-state index is 12.1. The molecule has 0 bridgehead atoms. The van der Waals surface area contributed by atoms with Crippen LogP contribution < -0.4 is 10.5 Å². The Morgan fingerprint density at radius 1 is 1.24 bits per heavy atom. The highest BCUT2D eigenvalue weighted by Crippen LogP contribution is 2.30. The van der Waals surface area contributed by atoms with E-state index in [9.17, 15) is 9.59 Å². The van der Waals surface area contributed by atoms with Crippen LogP contribution in [0.5, 0.6) is 5.75 Å². The summed E-state index contributed by atoms with van der Waals surface area (Å²) in [4.78, 5) is 23.8. The van der Waals surface area contributed by atoms with Gasteiger partial charge in [-0.05, 0) is 63.8 Å². The summed E-state index contributed by atoms with van der Waals surface area (Å²) in [5.74, 6) is 0.521. The summed E-state index contributed by atoms with van der Waals surface area (Å²) in [6.07, 6.45) is 4.25. The van der Waals surface area contributed by atoms with Crippen molar-refractivity contribution >= 4 is 23.4 Å². The van der Waals surface area contributed by atoms with Gasteiger partial charge >= 0.3 is 5.97 Å². The Labute approximate surface area is 153 Å². The molecule has 0 radical (unpaired) electrons. The zero-order valence-corrected chi connectivity index (χ0v) is 15.4. The van der Waals surface area contributed by atoms with Crippen LogP contribution in [0.4, 0.5) is 0 Å². The lowest BCUT2D eigenvalue weighted by atomic mass is 9.87. The van der Waals surface area contributed by atoms with Crippen LogP contribution in [0.2, 0.25) is 5.02 Å². The number of halogens is 1. The lowest BCUT2D eigenvalue weighted by Gasteiger charge is -2.27.